The number of nitrogens with one attached hydrogen (secondary N) is 1. The number of aromatic nitrogens is 2. The van der Waals surface area contributed by atoms with Gasteiger partial charge in [-0.25, -0.2) is 5.10 Å². The number of piperidine rings is 1. The molecule has 5 nitrogen and oxygen atoms in total. The van der Waals surface area contributed by atoms with E-state index in [0.717, 1.165) is 12.8 Å². The highest BCUT2D eigenvalue weighted by atomic mass is 16.2. The molecule has 3 aromatic rings. The van der Waals surface area contributed by atoms with Crippen molar-refractivity contribution in [1.29, 1.82) is 0 Å². The number of nitrogens with zero attached hydrogens (tertiary/aromatic N) is 2. The molecule has 0 radical (unpaired) electrons. The van der Waals surface area contributed by atoms with E-state index in [1.807, 2.05) is 4.90 Å². The van der Waals surface area contributed by atoms with Crippen LogP contribution in [0.2, 0.25) is 0 Å². The van der Waals surface area contributed by atoms with E-state index in [-0.39, 0.29) is 11.5 Å². The molecule has 5 heteroatoms. The molecule has 0 saturated carbocycles. The van der Waals surface area contributed by atoms with E-state index in [1.165, 1.54) is 28.5 Å². The summed E-state index contributed by atoms with van der Waals surface area (Å²) in [7, 11) is 0. The number of amides is 1. The lowest BCUT2D eigenvalue weighted by molar-refractivity contribution is 0.0706. The van der Waals surface area contributed by atoms with Crippen molar-refractivity contribution in [3.63, 3.8) is 0 Å². The van der Waals surface area contributed by atoms with Crippen molar-refractivity contribution in [3.8, 4) is 0 Å². The maximum atomic E-state index is 12.5. The van der Waals surface area contributed by atoms with Crippen LogP contribution in [0.4, 0.5) is 0 Å². The van der Waals surface area contributed by atoms with Gasteiger partial charge in [0.15, 0.2) is 0 Å². The van der Waals surface area contributed by atoms with Crippen LogP contribution >= 0.6 is 0 Å². The van der Waals surface area contributed by atoms with Crippen LogP contribution < -0.4 is 5.56 Å². The number of fused-ring (bicyclic) bond motifs is 1. The van der Waals surface area contributed by atoms with Gasteiger partial charge in [-0.2, -0.15) is 5.10 Å². The Kier molecular flexibility index (Phi) is 4.06. The normalized spacial score (nSPS) is 15.4. The van der Waals surface area contributed by atoms with Gasteiger partial charge in [-0.15, -0.1) is 0 Å². The minimum absolute atomic E-state index is 0.118. The van der Waals surface area contributed by atoms with E-state index < -0.39 is 0 Å². The molecular weight excluding hydrogens is 314 g/mol. The van der Waals surface area contributed by atoms with Crippen LogP contribution in [0.3, 0.4) is 0 Å². The third kappa shape index (κ3) is 3.05. The van der Waals surface area contributed by atoms with Crippen molar-refractivity contribution in [3.05, 3.63) is 76.2 Å². The van der Waals surface area contributed by atoms with Crippen LogP contribution in [0.15, 0.2) is 59.4 Å². The summed E-state index contributed by atoms with van der Waals surface area (Å²) in [6, 6.07) is 17.7. The van der Waals surface area contributed by atoms with E-state index in [2.05, 4.69) is 52.7 Å². The van der Waals surface area contributed by atoms with Gasteiger partial charge >= 0.3 is 0 Å². The Morgan fingerprint density at radius 3 is 2.52 bits per heavy atom. The molecule has 1 fully saturated rings. The summed E-state index contributed by atoms with van der Waals surface area (Å²) in [4.78, 5) is 25.4. The molecule has 0 spiro atoms. The smallest absolute Gasteiger partial charge is 0.274 e. The first-order valence-electron chi connectivity index (χ1n) is 8.55. The second kappa shape index (κ2) is 6.51. The molecule has 1 aliphatic heterocycles. The van der Waals surface area contributed by atoms with Crippen LogP contribution in [0.5, 0.6) is 0 Å². The fourth-order valence-corrected chi connectivity index (χ4v) is 3.63. The Hall–Kier alpha value is -2.95. The number of rotatable bonds is 2. The molecule has 1 aliphatic rings. The number of benzene rings is 2. The molecule has 126 valence electrons. The van der Waals surface area contributed by atoms with Gasteiger partial charge < -0.3 is 4.90 Å². The zero-order valence-corrected chi connectivity index (χ0v) is 13.8. The minimum atomic E-state index is -0.300. The molecule has 2 heterocycles. The highest BCUT2D eigenvalue weighted by molar-refractivity contribution is 5.92. The first-order chi connectivity index (χ1) is 12.2. The molecule has 0 bridgehead atoms. The Balaban J connectivity index is 1.50. The second-order valence-corrected chi connectivity index (χ2v) is 6.44. The van der Waals surface area contributed by atoms with Gasteiger partial charge in [0.05, 0.1) is 0 Å². The quantitative estimate of drug-likeness (QED) is 0.784. The molecule has 0 unspecified atom stereocenters. The Bertz CT molecular complexity index is 946. The number of carbonyl (C=O) groups excluding carboxylic acids is 1. The van der Waals surface area contributed by atoms with Crippen molar-refractivity contribution in [1.82, 2.24) is 15.1 Å². The lowest BCUT2D eigenvalue weighted by Gasteiger charge is -2.32. The van der Waals surface area contributed by atoms with Crippen LogP contribution in [-0.4, -0.2) is 34.1 Å². The summed E-state index contributed by atoms with van der Waals surface area (Å²) in [5.41, 5.74) is 1.36. The third-order valence-corrected chi connectivity index (χ3v) is 4.94. The number of likely N-dealkylation sites (tertiary alicyclic amines) is 1. The van der Waals surface area contributed by atoms with E-state index in [9.17, 15) is 9.59 Å². The minimum Gasteiger partial charge on any atom is -0.337 e. The third-order valence-electron chi connectivity index (χ3n) is 4.94. The van der Waals surface area contributed by atoms with Gasteiger partial charge in [-0.1, -0.05) is 42.5 Å². The largest absolute Gasteiger partial charge is 0.337 e. The van der Waals surface area contributed by atoms with Gasteiger partial charge in [0.25, 0.3) is 11.5 Å². The van der Waals surface area contributed by atoms with Gasteiger partial charge in [0.2, 0.25) is 0 Å². The molecular formula is C20H19N3O2. The summed E-state index contributed by atoms with van der Waals surface area (Å²) >= 11 is 0. The Morgan fingerprint density at radius 1 is 1.00 bits per heavy atom. The van der Waals surface area contributed by atoms with Crippen molar-refractivity contribution in [2.24, 2.45) is 0 Å². The average Bonchev–Trinajstić information content (AvgIpc) is 2.68. The number of hydrogen-bond acceptors (Lipinski definition) is 3. The van der Waals surface area contributed by atoms with Crippen molar-refractivity contribution < 1.29 is 4.79 Å². The maximum absolute atomic E-state index is 12.5. The van der Waals surface area contributed by atoms with Crippen molar-refractivity contribution in [2.75, 3.05) is 13.1 Å². The Labute approximate surface area is 145 Å². The van der Waals surface area contributed by atoms with E-state index >= 15 is 0 Å². The molecule has 1 saturated heterocycles. The second-order valence-electron chi connectivity index (χ2n) is 6.44. The molecule has 0 aliphatic carbocycles. The predicted octanol–water partition coefficient (Wildman–Crippen LogP) is 2.94. The lowest BCUT2D eigenvalue weighted by Crippen LogP contribution is -2.38. The molecule has 25 heavy (non-hydrogen) atoms. The number of carbonyl (C=O) groups is 1. The zero-order valence-electron chi connectivity index (χ0n) is 13.8. The van der Waals surface area contributed by atoms with Crippen LogP contribution in [0, 0.1) is 0 Å². The molecule has 4 rings (SSSR count). The number of H-pyrrole nitrogens is 1. The predicted molar refractivity (Wildman–Crippen MR) is 96.7 cm³/mol. The Morgan fingerprint density at radius 2 is 1.76 bits per heavy atom. The van der Waals surface area contributed by atoms with Gasteiger partial charge in [0.1, 0.15) is 5.69 Å². The monoisotopic (exact) mass is 333 g/mol. The summed E-state index contributed by atoms with van der Waals surface area (Å²) in [5.74, 6) is 0.339. The first kappa shape index (κ1) is 15.6. The topological polar surface area (TPSA) is 66.1 Å². The van der Waals surface area contributed by atoms with E-state index in [0.29, 0.717) is 24.7 Å². The number of hydrogen-bond donors (Lipinski definition) is 1. The molecule has 0 atom stereocenters. The lowest BCUT2D eigenvalue weighted by atomic mass is 9.86. The summed E-state index contributed by atoms with van der Waals surface area (Å²) in [5, 5.41) is 8.73. The van der Waals surface area contributed by atoms with Gasteiger partial charge in [-0.05, 0) is 41.2 Å². The van der Waals surface area contributed by atoms with E-state index in [4.69, 9.17) is 0 Å². The van der Waals surface area contributed by atoms with Gasteiger partial charge in [-0.3, -0.25) is 9.59 Å². The summed E-state index contributed by atoms with van der Waals surface area (Å²) in [6.07, 6.45) is 1.87. The highest BCUT2D eigenvalue weighted by Crippen LogP contribution is 2.33. The molecule has 1 amide bonds. The zero-order chi connectivity index (χ0) is 17.2. The standard InChI is InChI=1S/C20H19N3O2/c24-19-9-8-18(21-22-19)20(25)23-12-10-15(11-13-23)17-7-3-5-14-4-1-2-6-16(14)17/h1-9,15H,10-13H2,(H,22,24). The molecule has 1 N–H and O–H groups in total. The molecule has 1 aromatic heterocycles. The van der Waals surface area contributed by atoms with Crippen molar-refractivity contribution in [2.45, 2.75) is 18.8 Å². The van der Waals surface area contributed by atoms with Gasteiger partial charge in [0, 0.05) is 19.2 Å². The molecule has 2 aromatic carbocycles. The van der Waals surface area contributed by atoms with Crippen LogP contribution in [0.25, 0.3) is 10.8 Å². The summed E-state index contributed by atoms with van der Waals surface area (Å²) < 4.78 is 0. The first-order valence-corrected chi connectivity index (χ1v) is 8.55. The fourth-order valence-electron chi connectivity index (χ4n) is 3.63. The van der Waals surface area contributed by atoms with Crippen molar-refractivity contribution >= 4 is 16.7 Å². The SMILES string of the molecule is O=C(c1ccc(=O)[nH]n1)N1CCC(c2cccc3ccccc23)CC1. The van der Waals surface area contributed by atoms with E-state index in [1.54, 1.807) is 0 Å². The summed E-state index contributed by atoms with van der Waals surface area (Å²) in [6.45, 7) is 1.40. The van der Waals surface area contributed by atoms with Crippen LogP contribution in [0.1, 0.15) is 34.8 Å². The maximum Gasteiger partial charge on any atom is 0.274 e. The average molecular weight is 333 g/mol. The highest BCUT2D eigenvalue weighted by Gasteiger charge is 2.26. The fraction of sp³-hybridized carbons (Fsp3) is 0.250. The number of aromatic amines is 1. The van der Waals surface area contributed by atoms with Crippen LogP contribution in [-0.2, 0) is 0 Å².